The van der Waals surface area contributed by atoms with Crippen LogP contribution in [-0.2, 0) is 0 Å². The van der Waals surface area contributed by atoms with Gasteiger partial charge in [-0.2, -0.15) is 0 Å². The molecule has 2 nitrogen and oxygen atoms in total. The van der Waals surface area contributed by atoms with Crippen molar-refractivity contribution in [3.8, 4) is 0 Å². The van der Waals surface area contributed by atoms with Crippen molar-refractivity contribution in [3.63, 3.8) is 0 Å². The van der Waals surface area contributed by atoms with Gasteiger partial charge in [0.2, 0.25) is 0 Å². The number of rotatable bonds is 3. The van der Waals surface area contributed by atoms with E-state index in [2.05, 4.69) is 0 Å². The molecule has 0 aliphatic carbocycles. The molecule has 3 heteroatoms. The molecule has 0 unspecified atom stereocenters. The summed E-state index contributed by atoms with van der Waals surface area (Å²) in [5.74, 6) is -0.469. The predicted octanol–water partition coefficient (Wildman–Crippen LogP) is 4.65. The molecule has 0 heterocycles. The summed E-state index contributed by atoms with van der Waals surface area (Å²) in [6, 6.07) is 19.5. The Morgan fingerprint density at radius 2 is 1.64 bits per heavy atom. The number of carbonyl (C=O) groups excluding carboxylic acids is 1. The van der Waals surface area contributed by atoms with E-state index in [-0.39, 0.29) is 11.7 Å². The van der Waals surface area contributed by atoms with E-state index in [4.69, 9.17) is 0 Å². The maximum absolute atomic E-state index is 13.0. The molecule has 0 atom stereocenters. The van der Waals surface area contributed by atoms with Crippen LogP contribution in [0.1, 0.15) is 17.3 Å². The largest absolute Gasteiger partial charge is 0.308 e. The molecule has 0 bridgehead atoms. The van der Waals surface area contributed by atoms with E-state index in [0.29, 0.717) is 12.1 Å². The minimum Gasteiger partial charge on any atom is -0.308 e. The highest BCUT2D eigenvalue weighted by atomic mass is 19.1. The van der Waals surface area contributed by atoms with Crippen LogP contribution in [0.25, 0.3) is 10.8 Å². The molecule has 1 amide bonds. The van der Waals surface area contributed by atoms with E-state index in [9.17, 15) is 9.18 Å². The van der Waals surface area contributed by atoms with Gasteiger partial charge in [0, 0.05) is 17.5 Å². The van der Waals surface area contributed by atoms with Crippen molar-refractivity contribution in [2.24, 2.45) is 0 Å². The van der Waals surface area contributed by atoms with Crippen molar-refractivity contribution in [1.82, 2.24) is 0 Å². The summed E-state index contributed by atoms with van der Waals surface area (Å²) in [4.78, 5) is 14.5. The van der Waals surface area contributed by atoms with Crippen molar-refractivity contribution in [1.29, 1.82) is 0 Å². The van der Waals surface area contributed by atoms with E-state index in [1.54, 1.807) is 4.90 Å². The highest BCUT2D eigenvalue weighted by Gasteiger charge is 2.17. The molecule has 3 rings (SSSR count). The van der Waals surface area contributed by atoms with E-state index in [1.807, 2.05) is 49.4 Å². The van der Waals surface area contributed by atoms with Gasteiger partial charge in [0.15, 0.2) is 0 Å². The van der Waals surface area contributed by atoms with Crippen molar-refractivity contribution < 1.29 is 9.18 Å². The maximum Gasteiger partial charge on any atom is 0.258 e. The summed E-state index contributed by atoms with van der Waals surface area (Å²) >= 11 is 0. The first-order chi connectivity index (χ1) is 10.7. The van der Waals surface area contributed by atoms with Gasteiger partial charge in [0.25, 0.3) is 5.91 Å². The maximum atomic E-state index is 13.0. The Bertz CT molecular complexity index is 806. The Morgan fingerprint density at radius 1 is 0.955 bits per heavy atom. The van der Waals surface area contributed by atoms with Gasteiger partial charge < -0.3 is 4.90 Å². The van der Waals surface area contributed by atoms with Gasteiger partial charge in [-0.3, -0.25) is 4.79 Å². The molecule has 3 aromatic rings. The Hall–Kier alpha value is -2.68. The standard InChI is InChI=1S/C19H16FNO/c1-2-21(19(22)15-10-12-16(20)13-11-15)18-9-5-7-14-6-3-4-8-17(14)18/h3-13H,2H2,1H3. The molecule has 22 heavy (non-hydrogen) atoms. The predicted molar refractivity (Wildman–Crippen MR) is 87.7 cm³/mol. The fraction of sp³-hybridized carbons (Fsp3) is 0.105. The van der Waals surface area contributed by atoms with Crippen LogP contribution in [0.4, 0.5) is 10.1 Å². The van der Waals surface area contributed by atoms with Crippen LogP contribution in [0, 0.1) is 5.82 Å². The third-order valence-corrected chi connectivity index (χ3v) is 3.71. The summed E-state index contributed by atoms with van der Waals surface area (Å²) in [5, 5.41) is 2.12. The van der Waals surface area contributed by atoms with Gasteiger partial charge in [0.1, 0.15) is 5.82 Å². The molecule has 0 N–H and O–H groups in total. The van der Waals surface area contributed by atoms with Crippen molar-refractivity contribution in [2.45, 2.75) is 6.92 Å². The topological polar surface area (TPSA) is 20.3 Å². The Morgan fingerprint density at radius 3 is 2.36 bits per heavy atom. The van der Waals surface area contributed by atoms with Crippen molar-refractivity contribution in [2.75, 3.05) is 11.4 Å². The third-order valence-electron chi connectivity index (χ3n) is 3.71. The molecule has 0 fully saturated rings. The van der Waals surface area contributed by atoms with Crippen LogP contribution >= 0.6 is 0 Å². The van der Waals surface area contributed by atoms with Crippen LogP contribution < -0.4 is 4.90 Å². The number of nitrogens with zero attached hydrogens (tertiary/aromatic N) is 1. The molecular formula is C19H16FNO. The number of amides is 1. The van der Waals surface area contributed by atoms with Gasteiger partial charge in [0.05, 0.1) is 5.69 Å². The third kappa shape index (κ3) is 2.58. The number of anilines is 1. The smallest absolute Gasteiger partial charge is 0.258 e. The lowest BCUT2D eigenvalue weighted by molar-refractivity contribution is 0.0988. The number of benzene rings is 3. The van der Waals surface area contributed by atoms with Gasteiger partial charge in [-0.15, -0.1) is 0 Å². The summed E-state index contributed by atoms with van der Waals surface area (Å²) < 4.78 is 13.0. The van der Waals surface area contributed by atoms with Gasteiger partial charge in [-0.25, -0.2) is 4.39 Å². The van der Waals surface area contributed by atoms with E-state index in [1.165, 1.54) is 24.3 Å². The summed E-state index contributed by atoms with van der Waals surface area (Å²) in [6.07, 6.45) is 0. The molecule has 0 spiro atoms. The number of halogens is 1. The second kappa shape index (κ2) is 5.98. The molecule has 0 aliphatic rings. The van der Waals surface area contributed by atoms with Crippen LogP contribution in [-0.4, -0.2) is 12.5 Å². The van der Waals surface area contributed by atoms with Gasteiger partial charge >= 0.3 is 0 Å². The zero-order chi connectivity index (χ0) is 15.5. The molecule has 3 aromatic carbocycles. The molecular weight excluding hydrogens is 277 g/mol. The highest BCUT2D eigenvalue weighted by Crippen LogP contribution is 2.27. The Kier molecular flexibility index (Phi) is 3.88. The van der Waals surface area contributed by atoms with E-state index < -0.39 is 0 Å². The normalized spacial score (nSPS) is 10.6. The van der Waals surface area contributed by atoms with E-state index in [0.717, 1.165) is 16.5 Å². The average Bonchev–Trinajstić information content (AvgIpc) is 2.56. The molecule has 0 saturated heterocycles. The van der Waals surface area contributed by atoms with Crippen LogP contribution in [0.5, 0.6) is 0 Å². The quantitative estimate of drug-likeness (QED) is 0.688. The van der Waals surface area contributed by atoms with Crippen LogP contribution in [0.15, 0.2) is 66.7 Å². The lowest BCUT2D eigenvalue weighted by atomic mass is 10.1. The lowest BCUT2D eigenvalue weighted by Crippen LogP contribution is -2.30. The zero-order valence-corrected chi connectivity index (χ0v) is 12.3. The average molecular weight is 293 g/mol. The van der Waals surface area contributed by atoms with Gasteiger partial charge in [-0.1, -0.05) is 36.4 Å². The fourth-order valence-electron chi connectivity index (χ4n) is 2.62. The Balaban J connectivity index is 2.06. The minimum absolute atomic E-state index is 0.126. The second-order valence-electron chi connectivity index (χ2n) is 5.05. The Labute approximate surface area is 128 Å². The first kappa shape index (κ1) is 14.3. The summed E-state index contributed by atoms with van der Waals surface area (Å²) in [6.45, 7) is 2.48. The molecule has 110 valence electrons. The number of carbonyl (C=O) groups is 1. The molecule has 0 saturated carbocycles. The first-order valence-corrected chi connectivity index (χ1v) is 7.26. The highest BCUT2D eigenvalue weighted by molar-refractivity contribution is 6.10. The zero-order valence-electron chi connectivity index (χ0n) is 12.3. The first-order valence-electron chi connectivity index (χ1n) is 7.26. The molecule has 0 radical (unpaired) electrons. The van der Waals surface area contributed by atoms with Crippen molar-refractivity contribution in [3.05, 3.63) is 78.1 Å². The lowest BCUT2D eigenvalue weighted by Gasteiger charge is -2.23. The summed E-state index contributed by atoms with van der Waals surface area (Å²) in [5.41, 5.74) is 1.35. The van der Waals surface area contributed by atoms with Crippen molar-refractivity contribution >= 4 is 22.4 Å². The number of hydrogen-bond donors (Lipinski definition) is 0. The number of hydrogen-bond acceptors (Lipinski definition) is 1. The molecule has 0 aromatic heterocycles. The minimum atomic E-state index is -0.343. The fourth-order valence-corrected chi connectivity index (χ4v) is 2.62. The molecule has 0 aliphatic heterocycles. The van der Waals surface area contributed by atoms with Gasteiger partial charge in [-0.05, 0) is 42.6 Å². The number of fused-ring (bicyclic) bond motifs is 1. The van der Waals surface area contributed by atoms with Crippen LogP contribution in [0.3, 0.4) is 0 Å². The van der Waals surface area contributed by atoms with Crippen LogP contribution in [0.2, 0.25) is 0 Å². The van der Waals surface area contributed by atoms with E-state index >= 15 is 0 Å². The monoisotopic (exact) mass is 293 g/mol. The summed E-state index contributed by atoms with van der Waals surface area (Å²) in [7, 11) is 0. The SMILES string of the molecule is CCN(C(=O)c1ccc(F)cc1)c1cccc2ccccc12. The second-order valence-corrected chi connectivity index (χ2v) is 5.05.